The zero-order valence-electron chi connectivity index (χ0n) is 11.4. The van der Waals surface area contributed by atoms with E-state index >= 15 is 0 Å². The van der Waals surface area contributed by atoms with Gasteiger partial charge in [-0.3, -0.25) is 0 Å². The number of imidazole rings is 1. The minimum Gasteiger partial charge on any atom is -0.322 e. The maximum atomic E-state index is 12.7. The molecule has 0 bridgehead atoms. The molecule has 3 nitrogen and oxygen atoms in total. The summed E-state index contributed by atoms with van der Waals surface area (Å²) in [5.41, 5.74) is 0.882. The van der Waals surface area contributed by atoms with Crippen LogP contribution in [0.25, 0.3) is 11.0 Å². The van der Waals surface area contributed by atoms with Crippen molar-refractivity contribution in [2.24, 2.45) is 0 Å². The molecule has 0 saturated carbocycles. The molecule has 0 N–H and O–H groups in total. The highest BCUT2D eigenvalue weighted by Gasteiger charge is 2.33. The molecule has 0 amide bonds. The number of benzene rings is 1. The van der Waals surface area contributed by atoms with Crippen LogP contribution in [0.2, 0.25) is 0 Å². The molecule has 0 atom stereocenters. The van der Waals surface area contributed by atoms with Gasteiger partial charge in [0.1, 0.15) is 12.2 Å². The molecule has 0 aliphatic carbocycles. The number of aromatic nitrogens is 2. The number of halogens is 3. The molecule has 1 aromatic heterocycles. The van der Waals surface area contributed by atoms with Crippen molar-refractivity contribution in [3.63, 3.8) is 0 Å². The lowest BCUT2D eigenvalue weighted by molar-refractivity contribution is -0.129. The monoisotopic (exact) mass is 281 g/mol. The van der Waals surface area contributed by atoms with E-state index in [1.165, 1.54) is 6.07 Å². The summed E-state index contributed by atoms with van der Waals surface area (Å²) in [6, 6.07) is 6.71. The third-order valence-electron chi connectivity index (χ3n) is 2.88. The van der Waals surface area contributed by atoms with Crippen LogP contribution in [-0.2, 0) is 12.0 Å². The fourth-order valence-corrected chi connectivity index (χ4v) is 2.25. The average Bonchev–Trinajstić information content (AvgIpc) is 2.62. The lowest BCUT2D eigenvalue weighted by Crippen LogP contribution is -2.26. The maximum Gasteiger partial charge on any atom is 0.396 e. The molecule has 2 rings (SSSR count). The maximum absolute atomic E-state index is 12.7. The Kier molecular flexibility index (Phi) is 3.24. The van der Waals surface area contributed by atoms with E-state index < -0.39 is 18.1 Å². The molecule has 0 radical (unpaired) electrons. The van der Waals surface area contributed by atoms with E-state index in [1.807, 2.05) is 26.8 Å². The number of nitrogens with zero attached hydrogens (tertiary/aromatic N) is 3. The van der Waals surface area contributed by atoms with Gasteiger partial charge in [-0.15, -0.1) is 0 Å². The highest BCUT2D eigenvalue weighted by atomic mass is 19.4. The van der Waals surface area contributed by atoms with Gasteiger partial charge in [-0.2, -0.15) is 18.4 Å². The van der Waals surface area contributed by atoms with E-state index in [0.717, 1.165) is 0 Å². The van der Waals surface area contributed by atoms with Crippen molar-refractivity contribution >= 4 is 11.0 Å². The Morgan fingerprint density at radius 3 is 2.40 bits per heavy atom. The SMILES string of the molecule is CC(C)(C)n1c(CC(F)(F)F)nc2cc(C#N)ccc21. The van der Waals surface area contributed by atoms with Crippen molar-refractivity contribution in [2.75, 3.05) is 0 Å². The Balaban J connectivity index is 2.70. The molecule has 2 aromatic rings. The molecule has 0 spiro atoms. The molecule has 1 heterocycles. The Labute approximate surface area is 114 Å². The number of rotatable bonds is 1. The van der Waals surface area contributed by atoms with Crippen LogP contribution in [0, 0.1) is 11.3 Å². The van der Waals surface area contributed by atoms with Crippen molar-refractivity contribution in [3.8, 4) is 6.07 Å². The molecule has 0 unspecified atom stereocenters. The molecule has 0 aliphatic rings. The van der Waals surface area contributed by atoms with Gasteiger partial charge >= 0.3 is 6.18 Å². The fraction of sp³-hybridized carbons (Fsp3) is 0.429. The lowest BCUT2D eigenvalue weighted by Gasteiger charge is -2.25. The van der Waals surface area contributed by atoms with E-state index in [9.17, 15) is 13.2 Å². The van der Waals surface area contributed by atoms with Crippen molar-refractivity contribution in [1.82, 2.24) is 9.55 Å². The van der Waals surface area contributed by atoms with Gasteiger partial charge in [0, 0.05) is 5.54 Å². The topological polar surface area (TPSA) is 41.6 Å². The predicted molar refractivity (Wildman–Crippen MR) is 69.2 cm³/mol. The first kappa shape index (κ1) is 14.4. The highest BCUT2D eigenvalue weighted by Crippen LogP contribution is 2.29. The summed E-state index contributed by atoms with van der Waals surface area (Å²) in [5.74, 6) is -0.0323. The smallest absolute Gasteiger partial charge is 0.322 e. The zero-order chi connectivity index (χ0) is 15.1. The number of alkyl halides is 3. The van der Waals surface area contributed by atoms with Crippen LogP contribution in [0.15, 0.2) is 18.2 Å². The van der Waals surface area contributed by atoms with Gasteiger partial charge in [0.15, 0.2) is 0 Å². The van der Waals surface area contributed by atoms with Crippen molar-refractivity contribution in [3.05, 3.63) is 29.6 Å². The molecular formula is C14H14F3N3. The summed E-state index contributed by atoms with van der Waals surface area (Å²) in [4.78, 5) is 4.06. The summed E-state index contributed by atoms with van der Waals surface area (Å²) >= 11 is 0. The highest BCUT2D eigenvalue weighted by molar-refractivity contribution is 5.78. The summed E-state index contributed by atoms with van der Waals surface area (Å²) in [6.07, 6.45) is -5.40. The summed E-state index contributed by atoms with van der Waals surface area (Å²) < 4.78 is 39.6. The van der Waals surface area contributed by atoms with Gasteiger partial charge in [-0.1, -0.05) is 0 Å². The predicted octanol–water partition coefficient (Wildman–Crippen LogP) is 3.77. The second-order valence-electron chi connectivity index (χ2n) is 5.64. The lowest BCUT2D eigenvalue weighted by atomic mass is 10.1. The van der Waals surface area contributed by atoms with E-state index in [0.29, 0.717) is 16.6 Å². The average molecular weight is 281 g/mol. The van der Waals surface area contributed by atoms with Crippen LogP contribution in [-0.4, -0.2) is 15.7 Å². The third kappa shape index (κ3) is 2.77. The van der Waals surface area contributed by atoms with Crippen LogP contribution in [0.1, 0.15) is 32.2 Å². The van der Waals surface area contributed by atoms with E-state index in [1.54, 1.807) is 16.7 Å². The number of fused-ring (bicyclic) bond motifs is 1. The second-order valence-corrected chi connectivity index (χ2v) is 5.64. The minimum atomic E-state index is -4.32. The molecule has 6 heteroatoms. The van der Waals surface area contributed by atoms with E-state index in [2.05, 4.69) is 4.98 Å². The molecule has 0 fully saturated rings. The molecule has 106 valence electrons. The zero-order valence-corrected chi connectivity index (χ0v) is 11.4. The largest absolute Gasteiger partial charge is 0.396 e. The third-order valence-corrected chi connectivity index (χ3v) is 2.88. The van der Waals surface area contributed by atoms with E-state index in [4.69, 9.17) is 5.26 Å². The van der Waals surface area contributed by atoms with Crippen LogP contribution in [0.5, 0.6) is 0 Å². The number of hydrogen-bond donors (Lipinski definition) is 0. The van der Waals surface area contributed by atoms with Gasteiger partial charge in [0.2, 0.25) is 0 Å². The van der Waals surface area contributed by atoms with Gasteiger partial charge in [0.05, 0.1) is 22.7 Å². The summed E-state index contributed by atoms with van der Waals surface area (Å²) in [5, 5.41) is 8.85. The number of nitriles is 1. The standard InChI is InChI=1S/C14H14F3N3/c1-13(2,3)20-11-5-4-9(8-18)6-10(11)19-12(20)7-14(15,16)17/h4-6H,7H2,1-3H3. The van der Waals surface area contributed by atoms with Crippen LogP contribution in [0.3, 0.4) is 0 Å². The van der Waals surface area contributed by atoms with Crippen LogP contribution in [0.4, 0.5) is 13.2 Å². The van der Waals surface area contributed by atoms with Crippen molar-refractivity contribution < 1.29 is 13.2 Å². The van der Waals surface area contributed by atoms with Gasteiger partial charge < -0.3 is 4.57 Å². The summed E-state index contributed by atoms with van der Waals surface area (Å²) in [6.45, 7) is 5.48. The van der Waals surface area contributed by atoms with Gasteiger partial charge in [-0.05, 0) is 39.0 Å². The molecule has 1 aromatic carbocycles. The quantitative estimate of drug-likeness (QED) is 0.798. The Morgan fingerprint density at radius 1 is 1.25 bits per heavy atom. The first-order valence-corrected chi connectivity index (χ1v) is 6.10. The first-order valence-electron chi connectivity index (χ1n) is 6.10. The Hall–Kier alpha value is -2.03. The molecular weight excluding hydrogens is 267 g/mol. The van der Waals surface area contributed by atoms with Crippen LogP contribution < -0.4 is 0 Å². The van der Waals surface area contributed by atoms with Gasteiger partial charge in [-0.25, -0.2) is 4.98 Å². The summed E-state index contributed by atoms with van der Waals surface area (Å²) in [7, 11) is 0. The minimum absolute atomic E-state index is 0.0323. The normalized spacial score (nSPS) is 12.7. The second kappa shape index (κ2) is 4.51. The van der Waals surface area contributed by atoms with Gasteiger partial charge in [0.25, 0.3) is 0 Å². The fourth-order valence-electron chi connectivity index (χ4n) is 2.25. The molecule has 20 heavy (non-hydrogen) atoms. The van der Waals surface area contributed by atoms with Crippen molar-refractivity contribution in [1.29, 1.82) is 5.26 Å². The number of hydrogen-bond acceptors (Lipinski definition) is 2. The molecule has 0 aliphatic heterocycles. The van der Waals surface area contributed by atoms with E-state index in [-0.39, 0.29) is 5.82 Å². The Morgan fingerprint density at radius 2 is 1.90 bits per heavy atom. The Bertz CT molecular complexity index is 684. The molecule has 0 saturated heterocycles. The first-order chi connectivity index (χ1) is 9.12. The van der Waals surface area contributed by atoms with Crippen molar-refractivity contribution in [2.45, 2.75) is 38.9 Å². The van der Waals surface area contributed by atoms with Crippen LogP contribution >= 0.6 is 0 Å².